The third-order valence-corrected chi connectivity index (χ3v) is 2.43. The molecule has 0 fully saturated rings. The fraction of sp³-hybridized carbons (Fsp3) is 0.846. The van der Waals surface area contributed by atoms with E-state index in [1.807, 2.05) is 13.8 Å². The summed E-state index contributed by atoms with van der Waals surface area (Å²) < 4.78 is 10.9. The number of rotatable bonds is 11. The Morgan fingerprint density at radius 2 is 1.62 bits per heavy atom. The molecule has 0 heterocycles. The smallest absolute Gasteiger partial charge is 0.157 e. The van der Waals surface area contributed by atoms with Crippen LogP contribution in [0.1, 0.15) is 46.0 Å². The molecular weight excluding hydrogens is 224 g/mol. The van der Waals surface area contributed by atoms with Crippen LogP contribution in [-0.2, 0) is 9.47 Å². The zero-order valence-electron chi connectivity index (χ0n) is 10.6. The summed E-state index contributed by atoms with van der Waals surface area (Å²) in [6.07, 6.45) is 9.77. The molecule has 0 atom stereocenters. The number of hydrogen-bond donors (Lipinski definition) is 0. The first-order valence-corrected chi connectivity index (χ1v) is 6.82. The first-order chi connectivity index (χ1) is 7.85. The van der Waals surface area contributed by atoms with Crippen LogP contribution in [0.25, 0.3) is 0 Å². The van der Waals surface area contributed by atoms with E-state index in [1.165, 1.54) is 6.42 Å². The standard InChI is InChI=1S/C13H25ClO2/c1-3-15-13(16-4-2)11-9-7-5-6-8-10-12-14/h6,8,13H,3-5,7,9-12H2,1-2H3/b8-6+. The van der Waals surface area contributed by atoms with Crippen LogP contribution in [0.15, 0.2) is 12.2 Å². The van der Waals surface area contributed by atoms with Crippen molar-refractivity contribution in [3.05, 3.63) is 12.2 Å². The molecule has 0 bridgehead atoms. The van der Waals surface area contributed by atoms with E-state index >= 15 is 0 Å². The molecule has 0 spiro atoms. The molecule has 0 N–H and O–H groups in total. The van der Waals surface area contributed by atoms with Crippen molar-refractivity contribution in [2.75, 3.05) is 19.1 Å². The highest BCUT2D eigenvalue weighted by Gasteiger charge is 2.06. The van der Waals surface area contributed by atoms with Crippen molar-refractivity contribution in [2.24, 2.45) is 0 Å². The summed E-state index contributed by atoms with van der Waals surface area (Å²) in [5, 5.41) is 0. The lowest BCUT2D eigenvalue weighted by Gasteiger charge is -2.16. The van der Waals surface area contributed by atoms with Gasteiger partial charge in [-0.3, -0.25) is 0 Å². The lowest BCUT2D eigenvalue weighted by molar-refractivity contribution is -0.140. The molecule has 0 aromatic carbocycles. The fourth-order valence-corrected chi connectivity index (χ4v) is 1.58. The van der Waals surface area contributed by atoms with Gasteiger partial charge in [0.05, 0.1) is 0 Å². The molecule has 0 aliphatic carbocycles. The van der Waals surface area contributed by atoms with Gasteiger partial charge in [-0.2, -0.15) is 0 Å². The Morgan fingerprint density at radius 1 is 1.00 bits per heavy atom. The molecule has 2 nitrogen and oxygen atoms in total. The second-order valence-electron chi connectivity index (χ2n) is 3.57. The average molecular weight is 249 g/mol. The molecular formula is C13H25ClO2. The molecule has 0 radical (unpaired) electrons. The van der Waals surface area contributed by atoms with E-state index < -0.39 is 0 Å². The summed E-state index contributed by atoms with van der Waals surface area (Å²) in [6.45, 7) is 5.45. The number of halogens is 1. The summed E-state index contributed by atoms with van der Waals surface area (Å²) in [5.74, 6) is 0.716. The largest absolute Gasteiger partial charge is 0.353 e. The Kier molecular flexibility index (Phi) is 13.0. The molecule has 3 heteroatoms. The van der Waals surface area contributed by atoms with Crippen LogP contribution >= 0.6 is 11.6 Å². The first-order valence-electron chi connectivity index (χ1n) is 6.29. The number of unbranched alkanes of at least 4 members (excludes halogenated alkanes) is 2. The van der Waals surface area contributed by atoms with Crippen molar-refractivity contribution < 1.29 is 9.47 Å². The van der Waals surface area contributed by atoms with Crippen LogP contribution in [-0.4, -0.2) is 25.4 Å². The molecule has 0 saturated heterocycles. The Hall–Kier alpha value is -0.0500. The lowest BCUT2D eigenvalue weighted by atomic mass is 10.2. The van der Waals surface area contributed by atoms with E-state index in [9.17, 15) is 0 Å². The van der Waals surface area contributed by atoms with Gasteiger partial charge in [-0.25, -0.2) is 0 Å². The highest BCUT2D eigenvalue weighted by molar-refractivity contribution is 6.17. The maximum atomic E-state index is 5.57. The molecule has 0 aliphatic heterocycles. The fourth-order valence-electron chi connectivity index (χ4n) is 1.46. The Bertz CT molecular complexity index is 154. The quantitative estimate of drug-likeness (QED) is 0.237. The number of allylic oxidation sites excluding steroid dienone is 2. The van der Waals surface area contributed by atoms with Crippen LogP contribution in [0.3, 0.4) is 0 Å². The van der Waals surface area contributed by atoms with Gasteiger partial charge >= 0.3 is 0 Å². The van der Waals surface area contributed by atoms with Gasteiger partial charge in [0.2, 0.25) is 0 Å². The molecule has 16 heavy (non-hydrogen) atoms. The Labute approximate surface area is 105 Å². The molecule has 96 valence electrons. The summed E-state index contributed by atoms with van der Waals surface area (Å²) in [4.78, 5) is 0. The summed E-state index contributed by atoms with van der Waals surface area (Å²) in [7, 11) is 0. The van der Waals surface area contributed by atoms with Gasteiger partial charge < -0.3 is 9.47 Å². The van der Waals surface area contributed by atoms with Crippen LogP contribution in [0, 0.1) is 0 Å². The Morgan fingerprint density at radius 3 is 2.19 bits per heavy atom. The van der Waals surface area contributed by atoms with Crippen molar-refractivity contribution in [1.82, 2.24) is 0 Å². The minimum absolute atomic E-state index is 0.0122. The van der Waals surface area contributed by atoms with Crippen LogP contribution < -0.4 is 0 Å². The van der Waals surface area contributed by atoms with Crippen molar-refractivity contribution >= 4 is 11.6 Å². The van der Waals surface area contributed by atoms with Gasteiger partial charge in [-0.05, 0) is 46.0 Å². The van der Waals surface area contributed by atoms with Crippen LogP contribution in [0.2, 0.25) is 0 Å². The molecule has 0 unspecified atom stereocenters. The predicted octanol–water partition coefficient (Wildman–Crippen LogP) is 4.13. The Balaban J connectivity index is 3.39. The normalized spacial score (nSPS) is 11.8. The number of ether oxygens (including phenoxy) is 2. The minimum atomic E-state index is -0.0122. The zero-order chi connectivity index (χ0) is 12.1. The molecule has 0 aromatic heterocycles. The summed E-state index contributed by atoms with van der Waals surface area (Å²) in [5.41, 5.74) is 0. The van der Waals surface area contributed by atoms with Crippen molar-refractivity contribution in [3.63, 3.8) is 0 Å². The van der Waals surface area contributed by atoms with Crippen molar-refractivity contribution in [1.29, 1.82) is 0 Å². The molecule has 0 saturated carbocycles. The zero-order valence-corrected chi connectivity index (χ0v) is 11.3. The average Bonchev–Trinajstić information content (AvgIpc) is 2.28. The van der Waals surface area contributed by atoms with E-state index in [0.717, 1.165) is 38.9 Å². The highest BCUT2D eigenvalue weighted by atomic mass is 35.5. The van der Waals surface area contributed by atoms with Crippen LogP contribution in [0.4, 0.5) is 0 Å². The van der Waals surface area contributed by atoms with Crippen molar-refractivity contribution in [3.8, 4) is 0 Å². The minimum Gasteiger partial charge on any atom is -0.353 e. The number of alkyl halides is 1. The molecule has 0 aliphatic rings. The van der Waals surface area contributed by atoms with E-state index in [4.69, 9.17) is 21.1 Å². The second-order valence-corrected chi connectivity index (χ2v) is 3.95. The van der Waals surface area contributed by atoms with Crippen LogP contribution in [0.5, 0.6) is 0 Å². The molecule has 0 aromatic rings. The summed E-state index contributed by atoms with van der Waals surface area (Å²) in [6, 6.07) is 0. The third kappa shape index (κ3) is 10.5. The van der Waals surface area contributed by atoms with Crippen molar-refractivity contribution in [2.45, 2.75) is 52.2 Å². The SMILES string of the molecule is CCOC(CCCC/C=C/CCCl)OCC. The maximum Gasteiger partial charge on any atom is 0.157 e. The monoisotopic (exact) mass is 248 g/mol. The number of hydrogen-bond acceptors (Lipinski definition) is 2. The van der Waals surface area contributed by atoms with E-state index in [1.54, 1.807) is 0 Å². The van der Waals surface area contributed by atoms with Gasteiger partial charge in [0, 0.05) is 19.1 Å². The molecule has 0 amide bonds. The van der Waals surface area contributed by atoms with Gasteiger partial charge in [0.1, 0.15) is 0 Å². The second kappa shape index (κ2) is 13.0. The van der Waals surface area contributed by atoms with E-state index in [2.05, 4.69) is 12.2 Å². The van der Waals surface area contributed by atoms with Gasteiger partial charge in [-0.15, -0.1) is 11.6 Å². The third-order valence-electron chi connectivity index (χ3n) is 2.21. The first kappa shape index (κ1) is 16.0. The highest BCUT2D eigenvalue weighted by Crippen LogP contribution is 2.09. The van der Waals surface area contributed by atoms with Gasteiger partial charge in [0.25, 0.3) is 0 Å². The van der Waals surface area contributed by atoms with Gasteiger partial charge in [0.15, 0.2) is 6.29 Å². The van der Waals surface area contributed by atoms with E-state index in [0.29, 0.717) is 5.88 Å². The molecule has 0 rings (SSSR count). The topological polar surface area (TPSA) is 18.5 Å². The predicted molar refractivity (Wildman–Crippen MR) is 70.0 cm³/mol. The lowest BCUT2D eigenvalue weighted by Crippen LogP contribution is -2.17. The van der Waals surface area contributed by atoms with Gasteiger partial charge in [-0.1, -0.05) is 12.2 Å². The maximum absolute atomic E-state index is 5.57. The summed E-state index contributed by atoms with van der Waals surface area (Å²) >= 11 is 5.57. The van der Waals surface area contributed by atoms with E-state index in [-0.39, 0.29) is 6.29 Å².